The van der Waals surface area contributed by atoms with E-state index in [9.17, 15) is 0 Å². The highest BCUT2D eigenvalue weighted by molar-refractivity contribution is 7.02. The van der Waals surface area contributed by atoms with Crippen molar-refractivity contribution in [3.05, 3.63) is 206 Å². The smallest absolute Gasteiger partial charge is 0.130 e. The van der Waals surface area contributed by atoms with Crippen LogP contribution < -0.4 is 10.4 Å². The molecule has 4 nitrogen and oxygen atoms in total. The van der Waals surface area contributed by atoms with Crippen molar-refractivity contribution in [1.82, 2.24) is 17.6 Å². The molecule has 0 amide bonds. The summed E-state index contributed by atoms with van der Waals surface area (Å²) in [6.45, 7) is 0. The zero-order valence-corrected chi connectivity index (χ0v) is 32.9. The molecule has 0 saturated carbocycles. The first-order chi connectivity index (χ1) is 29.3. The van der Waals surface area contributed by atoms with Crippen molar-refractivity contribution in [2.45, 2.75) is 0 Å². The molecule has 275 valence electrons. The lowest BCUT2D eigenvalue weighted by Gasteiger charge is -2.50. The third kappa shape index (κ3) is 3.79. The fourth-order valence-corrected chi connectivity index (χ4v) is 16.2. The van der Waals surface area contributed by atoms with E-state index in [0.29, 0.717) is 0 Å². The molecular weight excluding hydrogens is 733 g/mol. The molecule has 0 saturated heterocycles. The molecule has 9 aromatic carbocycles. The average molecular weight is 767 g/mol. The Balaban J connectivity index is 1.17. The van der Waals surface area contributed by atoms with E-state index in [0.717, 1.165) is 11.4 Å². The van der Waals surface area contributed by atoms with Crippen LogP contribution in [0.25, 0.3) is 98.6 Å². The lowest BCUT2D eigenvalue weighted by atomic mass is 10.1. The Kier molecular flexibility index (Phi) is 6.02. The van der Waals surface area contributed by atoms with Gasteiger partial charge < -0.3 is 17.6 Å². The molecule has 1 aliphatic heterocycles. The number of rotatable bonds is 4. The second kappa shape index (κ2) is 11.3. The van der Waals surface area contributed by atoms with Gasteiger partial charge >= 0.3 is 0 Å². The molecule has 0 aliphatic carbocycles. The third-order valence-electron chi connectivity index (χ3n) is 13.3. The second-order valence-electron chi connectivity index (χ2n) is 16.0. The molecule has 0 unspecified atom stereocenters. The van der Waals surface area contributed by atoms with Crippen molar-refractivity contribution in [3.63, 3.8) is 0 Å². The zero-order chi connectivity index (χ0) is 38.4. The van der Waals surface area contributed by atoms with Crippen molar-refractivity contribution in [3.8, 4) is 11.4 Å². The quantitative estimate of drug-likeness (QED) is 0.159. The molecule has 13 aromatic rings. The minimum atomic E-state index is -3.18. The summed E-state index contributed by atoms with van der Waals surface area (Å²) >= 11 is 0. The first-order valence-electron chi connectivity index (χ1n) is 20.5. The lowest BCUT2D eigenvalue weighted by Crippen LogP contribution is -2.69. The largest absolute Gasteiger partial charge is 0.469 e. The van der Waals surface area contributed by atoms with E-state index in [-0.39, 0.29) is 0 Å². The monoisotopic (exact) mass is 766 g/mol. The molecule has 0 bridgehead atoms. The predicted molar refractivity (Wildman–Crippen MR) is 250 cm³/mol. The minimum Gasteiger partial charge on any atom is -0.469 e. The number of nitrogens with zero attached hydrogens (tertiary/aromatic N) is 4. The summed E-state index contributed by atoms with van der Waals surface area (Å²) in [4.78, 5) is 0. The Morgan fingerprint density at radius 3 is 1.02 bits per heavy atom. The van der Waals surface area contributed by atoms with E-state index in [1.165, 1.54) is 97.6 Å². The minimum absolute atomic E-state index is 1.15. The molecule has 0 fully saturated rings. The molecule has 4 aromatic heterocycles. The Hall–Kier alpha value is -7.60. The summed E-state index contributed by atoms with van der Waals surface area (Å²) in [5.41, 5.74) is 12.3. The van der Waals surface area contributed by atoms with Crippen LogP contribution in [-0.2, 0) is 0 Å². The highest BCUT2D eigenvalue weighted by Gasteiger charge is 2.38. The summed E-state index contributed by atoms with van der Waals surface area (Å²) in [5.74, 6) is 0. The van der Waals surface area contributed by atoms with Crippen LogP contribution in [0.2, 0.25) is 0 Å². The topological polar surface area (TPSA) is 19.7 Å². The molecule has 1 aliphatic rings. The van der Waals surface area contributed by atoms with E-state index in [1.807, 2.05) is 0 Å². The summed E-state index contributed by atoms with van der Waals surface area (Å²) in [5, 5.41) is 13.0. The third-order valence-corrected chi connectivity index (χ3v) is 17.8. The van der Waals surface area contributed by atoms with Gasteiger partial charge in [-0.2, -0.15) is 0 Å². The number of hydrogen-bond donors (Lipinski definition) is 0. The number of aromatic nitrogens is 4. The van der Waals surface area contributed by atoms with E-state index in [1.54, 1.807) is 0 Å². The average Bonchev–Trinajstić information content (AvgIpc) is 4.01. The van der Waals surface area contributed by atoms with Gasteiger partial charge in [0.15, 0.2) is 0 Å². The van der Waals surface area contributed by atoms with Gasteiger partial charge in [0, 0.05) is 76.5 Å². The highest BCUT2D eigenvalue weighted by atomic mass is 28.3. The lowest BCUT2D eigenvalue weighted by molar-refractivity contribution is 1.14. The zero-order valence-electron chi connectivity index (χ0n) is 31.9. The summed E-state index contributed by atoms with van der Waals surface area (Å²) in [7, 11) is -3.18. The maximum Gasteiger partial charge on any atom is 0.130 e. The summed E-state index contributed by atoms with van der Waals surface area (Å²) in [6.07, 6.45) is 0. The van der Waals surface area contributed by atoms with E-state index in [2.05, 4.69) is 224 Å². The standard InChI is InChI=1S/C54H34N4Si/c1-3-15-37(16-4-1)59(38-17-5-2-6-18-38)57-47-25-13-9-21-41(47)43-31-33-49-51(53(43)57)52-50(34-32-44-42-22-10-14-26-48(42)58(59)54(44)52)56(49)36-29-27-35(28-30-36)55-45-23-11-7-19-39(45)40-20-8-12-24-46(40)55/h1-34H/q-1. The fourth-order valence-electron chi connectivity index (χ4n) is 11.1. The first-order valence-corrected chi connectivity index (χ1v) is 22.4. The van der Waals surface area contributed by atoms with Crippen LogP contribution in [0, 0.1) is 0 Å². The van der Waals surface area contributed by atoms with Crippen molar-refractivity contribution >= 4 is 106 Å². The molecule has 0 N–H and O–H groups in total. The van der Waals surface area contributed by atoms with Gasteiger partial charge in [-0.1, -0.05) is 146 Å². The molecule has 59 heavy (non-hydrogen) atoms. The van der Waals surface area contributed by atoms with Gasteiger partial charge in [0.05, 0.1) is 22.1 Å². The summed E-state index contributed by atoms with van der Waals surface area (Å²) in [6, 6.07) is 77.3. The van der Waals surface area contributed by atoms with Gasteiger partial charge in [0.2, 0.25) is 0 Å². The second-order valence-corrected chi connectivity index (χ2v) is 19.4. The molecule has 0 atom stereocenters. The number of hydrogen-bond acceptors (Lipinski definition) is 0. The van der Waals surface area contributed by atoms with Gasteiger partial charge in [-0.15, -0.1) is 10.4 Å². The van der Waals surface area contributed by atoms with Crippen molar-refractivity contribution in [2.75, 3.05) is 0 Å². The van der Waals surface area contributed by atoms with Crippen LogP contribution >= 0.6 is 0 Å². The SMILES string of the molecule is c1ccc([Si-]2(c3ccccc3)n3c4ccccc4c4ccc5c(c6c(ccc7c8ccccc8n2c76)n5-c2ccc(-n5c6ccccc6c6ccccc65)cc2)c43)cc1. The Morgan fingerprint density at radius 1 is 0.254 bits per heavy atom. The predicted octanol–water partition coefficient (Wildman–Crippen LogP) is 12.1. The fraction of sp³-hybridized carbons (Fsp3) is 0. The molecule has 0 spiro atoms. The van der Waals surface area contributed by atoms with Gasteiger partial charge in [-0.05, 0) is 60.7 Å². The van der Waals surface area contributed by atoms with Crippen LogP contribution in [-0.4, -0.2) is 26.0 Å². The first kappa shape index (κ1) is 31.5. The van der Waals surface area contributed by atoms with Crippen molar-refractivity contribution in [2.24, 2.45) is 0 Å². The maximum atomic E-state index is 2.83. The maximum absolute atomic E-state index is 3.18. The van der Waals surface area contributed by atoms with Crippen LogP contribution in [0.15, 0.2) is 206 Å². The van der Waals surface area contributed by atoms with Gasteiger partial charge in [-0.25, -0.2) is 0 Å². The van der Waals surface area contributed by atoms with E-state index >= 15 is 0 Å². The van der Waals surface area contributed by atoms with Gasteiger partial charge in [0.25, 0.3) is 0 Å². The summed E-state index contributed by atoms with van der Waals surface area (Å²) < 4.78 is 10.6. The highest BCUT2D eigenvalue weighted by Crippen LogP contribution is 2.49. The van der Waals surface area contributed by atoms with E-state index < -0.39 is 8.40 Å². The van der Waals surface area contributed by atoms with Crippen molar-refractivity contribution in [1.29, 1.82) is 0 Å². The van der Waals surface area contributed by atoms with Crippen LogP contribution in [0.4, 0.5) is 0 Å². The van der Waals surface area contributed by atoms with E-state index in [4.69, 9.17) is 0 Å². The molecule has 14 rings (SSSR count). The Labute approximate surface area is 339 Å². The molecule has 5 heteroatoms. The van der Waals surface area contributed by atoms with Crippen molar-refractivity contribution < 1.29 is 0 Å². The van der Waals surface area contributed by atoms with Crippen LogP contribution in [0.5, 0.6) is 0 Å². The number of benzene rings is 9. The van der Waals surface area contributed by atoms with Crippen LogP contribution in [0.1, 0.15) is 0 Å². The number of para-hydroxylation sites is 4. The molecule has 5 heterocycles. The van der Waals surface area contributed by atoms with Gasteiger partial charge in [-0.3, -0.25) is 0 Å². The Morgan fingerprint density at radius 2 is 0.593 bits per heavy atom. The van der Waals surface area contributed by atoms with Gasteiger partial charge in [0.1, 0.15) is 8.40 Å². The number of fused-ring (bicyclic) bond motifs is 9. The Bertz CT molecular complexity index is 3650. The molecular formula is C54H34N4Si-. The van der Waals surface area contributed by atoms with Crippen LogP contribution in [0.3, 0.4) is 0 Å². The normalized spacial score (nSPS) is 13.6. The molecule has 0 radical (unpaired) electrons.